The van der Waals surface area contributed by atoms with E-state index in [2.05, 4.69) is 24.1 Å². The number of hydrogen-bond acceptors (Lipinski definition) is 4. The number of nitrogens with zero attached hydrogens (tertiary/aromatic N) is 1. The second-order valence-corrected chi connectivity index (χ2v) is 3.50. The fourth-order valence-electron chi connectivity index (χ4n) is 1.14. The van der Waals surface area contributed by atoms with Gasteiger partial charge in [0.1, 0.15) is 5.76 Å². The van der Waals surface area contributed by atoms with Gasteiger partial charge in [0, 0.05) is 26.1 Å². The summed E-state index contributed by atoms with van der Waals surface area (Å²) in [6.07, 6.45) is 2.27. The molecular formula is C10H18N2O2. The van der Waals surface area contributed by atoms with Gasteiger partial charge in [-0.05, 0) is 0 Å². The number of oxazole rings is 1. The summed E-state index contributed by atoms with van der Waals surface area (Å²) in [6.45, 7) is 5.64. The summed E-state index contributed by atoms with van der Waals surface area (Å²) in [4.78, 5) is 4.16. The molecule has 0 amide bonds. The summed E-state index contributed by atoms with van der Waals surface area (Å²) in [5.74, 6) is 0.917. The Hall–Kier alpha value is -0.870. The van der Waals surface area contributed by atoms with Crippen molar-refractivity contribution >= 4 is 0 Å². The van der Waals surface area contributed by atoms with Crippen molar-refractivity contribution in [2.24, 2.45) is 0 Å². The first-order valence-electron chi connectivity index (χ1n) is 4.87. The number of methoxy groups -OCH3 is 1. The van der Waals surface area contributed by atoms with E-state index in [-0.39, 0.29) is 0 Å². The molecule has 0 fully saturated rings. The van der Waals surface area contributed by atoms with Crippen LogP contribution in [0.3, 0.4) is 0 Å². The average molecular weight is 198 g/mol. The third-order valence-electron chi connectivity index (χ3n) is 1.94. The highest BCUT2D eigenvalue weighted by atomic mass is 16.5. The van der Waals surface area contributed by atoms with Crippen molar-refractivity contribution in [3.8, 4) is 0 Å². The predicted molar refractivity (Wildman–Crippen MR) is 54.1 cm³/mol. The third-order valence-corrected chi connectivity index (χ3v) is 1.94. The van der Waals surface area contributed by atoms with Gasteiger partial charge in [-0.15, -0.1) is 0 Å². The molecule has 4 heteroatoms. The van der Waals surface area contributed by atoms with Crippen molar-refractivity contribution in [1.29, 1.82) is 0 Å². The van der Waals surface area contributed by atoms with Crippen LogP contribution in [-0.4, -0.2) is 24.7 Å². The van der Waals surface area contributed by atoms with Crippen LogP contribution in [0.5, 0.6) is 0 Å². The van der Waals surface area contributed by atoms with Crippen LogP contribution in [-0.2, 0) is 17.7 Å². The molecule has 1 heterocycles. The van der Waals surface area contributed by atoms with E-state index in [9.17, 15) is 0 Å². The summed E-state index contributed by atoms with van der Waals surface area (Å²) in [5.41, 5.74) is 0.982. The fraction of sp³-hybridized carbons (Fsp3) is 0.700. The minimum absolute atomic E-state index is 0.460. The van der Waals surface area contributed by atoms with Crippen LogP contribution in [0, 0.1) is 0 Å². The van der Waals surface area contributed by atoms with Gasteiger partial charge in [-0.2, -0.15) is 0 Å². The first-order chi connectivity index (χ1) is 6.74. The number of rotatable bonds is 6. The summed E-state index contributed by atoms with van der Waals surface area (Å²) >= 11 is 0. The quantitative estimate of drug-likeness (QED) is 0.749. The molecule has 4 nitrogen and oxygen atoms in total. The first kappa shape index (κ1) is 11.2. The molecule has 0 atom stereocenters. The van der Waals surface area contributed by atoms with Gasteiger partial charge in [0.05, 0.1) is 12.3 Å². The van der Waals surface area contributed by atoms with Gasteiger partial charge >= 0.3 is 0 Å². The van der Waals surface area contributed by atoms with E-state index in [1.54, 1.807) is 7.11 Å². The Morgan fingerprint density at radius 2 is 2.36 bits per heavy atom. The lowest BCUT2D eigenvalue weighted by Crippen LogP contribution is -2.22. The lowest BCUT2D eigenvalue weighted by molar-refractivity contribution is 0.196. The van der Waals surface area contributed by atoms with E-state index < -0.39 is 0 Å². The second kappa shape index (κ2) is 5.78. The lowest BCUT2D eigenvalue weighted by atomic mass is 10.2. The summed E-state index contributed by atoms with van der Waals surface area (Å²) in [6, 6.07) is 0.460. The molecule has 14 heavy (non-hydrogen) atoms. The van der Waals surface area contributed by atoms with Gasteiger partial charge in [0.2, 0.25) is 0 Å². The van der Waals surface area contributed by atoms with Gasteiger partial charge in [-0.25, -0.2) is 4.98 Å². The maximum absolute atomic E-state index is 5.27. The minimum Gasteiger partial charge on any atom is -0.448 e. The van der Waals surface area contributed by atoms with Crippen LogP contribution in [0.15, 0.2) is 10.8 Å². The molecule has 0 bridgehead atoms. The van der Waals surface area contributed by atoms with Crippen LogP contribution in [0.2, 0.25) is 0 Å². The summed E-state index contributed by atoms with van der Waals surface area (Å²) in [7, 11) is 1.68. The Labute approximate surface area is 84.7 Å². The van der Waals surface area contributed by atoms with Crippen molar-refractivity contribution in [3.63, 3.8) is 0 Å². The molecular weight excluding hydrogens is 180 g/mol. The molecule has 1 rings (SSSR count). The highest BCUT2D eigenvalue weighted by molar-refractivity contribution is 5.07. The summed E-state index contributed by atoms with van der Waals surface area (Å²) in [5, 5.41) is 3.30. The van der Waals surface area contributed by atoms with Crippen molar-refractivity contribution in [3.05, 3.63) is 17.8 Å². The van der Waals surface area contributed by atoms with Gasteiger partial charge in [-0.1, -0.05) is 13.8 Å². The fourth-order valence-corrected chi connectivity index (χ4v) is 1.14. The second-order valence-electron chi connectivity index (χ2n) is 3.50. The molecule has 0 spiro atoms. The van der Waals surface area contributed by atoms with E-state index in [0.717, 1.165) is 24.4 Å². The Morgan fingerprint density at radius 3 is 3.00 bits per heavy atom. The summed E-state index contributed by atoms with van der Waals surface area (Å²) < 4.78 is 10.3. The van der Waals surface area contributed by atoms with Crippen molar-refractivity contribution in [2.75, 3.05) is 13.7 Å². The van der Waals surface area contributed by atoms with E-state index >= 15 is 0 Å². The predicted octanol–water partition coefficient (Wildman–Crippen LogP) is 1.36. The smallest absolute Gasteiger partial charge is 0.181 e. The van der Waals surface area contributed by atoms with Gasteiger partial charge in [-0.3, -0.25) is 0 Å². The molecule has 0 aromatic carbocycles. The normalized spacial score (nSPS) is 11.1. The molecule has 80 valence electrons. The van der Waals surface area contributed by atoms with Crippen molar-refractivity contribution < 1.29 is 9.15 Å². The number of nitrogens with one attached hydrogen (secondary N) is 1. The molecule has 0 unspecified atom stereocenters. The molecule has 1 aromatic heterocycles. The number of aromatic nitrogens is 1. The minimum atomic E-state index is 0.460. The molecule has 0 radical (unpaired) electrons. The highest BCUT2D eigenvalue weighted by Gasteiger charge is 2.07. The van der Waals surface area contributed by atoms with Crippen LogP contribution >= 0.6 is 0 Å². The molecule has 0 aliphatic carbocycles. The number of hydrogen-bond donors (Lipinski definition) is 1. The van der Waals surface area contributed by atoms with Crippen molar-refractivity contribution in [1.82, 2.24) is 10.3 Å². The largest absolute Gasteiger partial charge is 0.448 e. The van der Waals surface area contributed by atoms with Crippen LogP contribution in [0.4, 0.5) is 0 Å². The Bertz CT molecular complexity index is 258. The topological polar surface area (TPSA) is 47.3 Å². The molecule has 0 saturated carbocycles. The van der Waals surface area contributed by atoms with Crippen molar-refractivity contribution in [2.45, 2.75) is 32.9 Å². The van der Waals surface area contributed by atoms with Crippen LogP contribution < -0.4 is 5.32 Å². The Balaban J connectivity index is 2.45. The Morgan fingerprint density at radius 1 is 1.57 bits per heavy atom. The lowest BCUT2D eigenvalue weighted by Gasteiger charge is -2.06. The number of ether oxygens (including phenoxy) is 1. The monoisotopic (exact) mass is 198 g/mol. The zero-order valence-electron chi connectivity index (χ0n) is 9.04. The Kier molecular flexibility index (Phi) is 4.62. The SMILES string of the molecule is COCCc1ocnc1CNC(C)C. The third kappa shape index (κ3) is 3.47. The van der Waals surface area contributed by atoms with Crippen LogP contribution in [0.25, 0.3) is 0 Å². The van der Waals surface area contributed by atoms with Gasteiger partial charge in [0.15, 0.2) is 6.39 Å². The molecule has 0 saturated heterocycles. The van der Waals surface area contributed by atoms with E-state index in [1.807, 2.05) is 0 Å². The highest BCUT2D eigenvalue weighted by Crippen LogP contribution is 2.07. The maximum Gasteiger partial charge on any atom is 0.181 e. The molecule has 1 N–H and O–H groups in total. The van der Waals surface area contributed by atoms with Gasteiger partial charge in [0.25, 0.3) is 0 Å². The van der Waals surface area contributed by atoms with E-state index in [0.29, 0.717) is 12.6 Å². The van der Waals surface area contributed by atoms with Crippen LogP contribution in [0.1, 0.15) is 25.3 Å². The average Bonchev–Trinajstić information content (AvgIpc) is 2.58. The van der Waals surface area contributed by atoms with Gasteiger partial charge < -0.3 is 14.5 Å². The first-order valence-corrected chi connectivity index (χ1v) is 4.87. The maximum atomic E-state index is 5.27. The molecule has 0 aliphatic rings. The zero-order valence-corrected chi connectivity index (χ0v) is 9.04. The van der Waals surface area contributed by atoms with E-state index in [4.69, 9.17) is 9.15 Å². The van der Waals surface area contributed by atoms with E-state index in [1.165, 1.54) is 6.39 Å². The molecule has 0 aliphatic heterocycles. The molecule has 1 aromatic rings. The standard InChI is InChI=1S/C10H18N2O2/c1-8(2)11-6-9-10(4-5-13-3)14-7-12-9/h7-8,11H,4-6H2,1-3H3. The zero-order chi connectivity index (χ0) is 10.4.